The summed E-state index contributed by atoms with van der Waals surface area (Å²) in [6, 6.07) is 9.36. The maximum Gasteiger partial charge on any atom is 0.123 e. The van der Waals surface area contributed by atoms with Crippen molar-refractivity contribution in [2.75, 3.05) is 5.73 Å². The molecule has 0 aliphatic carbocycles. The molecular weight excluding hydrogens is 341 g/mol. The van der Waals surface area contributed by atoms with E-state index in [-0.39, 0.29) is 12.4 Å². The van der Waals surface area contributed by atoms with Crippen molar-refractivity contribution in [2.45, 2.75) is 13.3 Å². The van der Waals surface area contributed by atoms with E-state index in [0.717, 1.165) is 34.1 Å². The molecule has 1 aromatic carbocycles. The Morgan fingerprint density at radius 3 is 2.64 bits per heavy atom. The van der Waals surface area contributed by atoms with Crippen LogP contribution in [0.25, 0.3) is 22.0 Å². The molecule has 0 atom stereocenters. The van der Waals surface area contributed by atoms with Crippen LogP contribution in [-0.2, 0) is 6.42 Å². The topological polar surface area (TPSA) is 51.8 Å². The van der Waals surface area contributed by atoms with Crippen molar-refractivity contribution in [2.24, 2.45) is 0 Å². The molecule has 0 amide bonds. The Hall–Kier alpha value is -1.55. The minimum atomic E-state index is 0. The number of pyridine rings is 2. The van der Waals surface area contributed by atoms with Gasteiger partial charge in [-0.25, -0.2) is 4.98 Å². The summed E-state index contributed by atoms with van der Waals surface area (Å²) in [4.78, 5) is 8.84. The van der Waals surface area contributed by atoms with Gasteiger partial charge < -0.3 is 5.73 Å². The highest BCUT2D eigenvalue weighted by molar-refractivity contribution is 6.35. The summed E-state index contributed by atoms with van der Waals surface area (Å²) in [5, 5.41) is 2.18. The van der Waals surface area contributed by atoms with Crippen LogP contribution in [0.15, 0.2) is 36.5 Å². The van der Waals surface area contributed by atoms with Crippen LogP contribution in [0.2, 0.25) is 10.0 Å². The van der Waals surface area contributed by atoms with Crippen LogP contribution in [0, 0.1) is 0 Å². The fraction of sp³-hybridized carbons (Fsp3) is 0.125. The van der Waals surface area contributed by atoms with Gasteiger partial charge in [0.1, 0.15) is 5.82 Å². The molecule has 0 fully saturated rings. The molecule has 3 nitrogen and oxygen atoms in total. The van der Waals surface area contributed by atoms with Crippen molar-refractivity contribution < 1.29 is 0 Å². The smallest absolute Gasteiger partial charge is 0.123 e. The molecule has 0 saturated carbocycles. The number of fused-ring (bicyclic) bond motifs is 1. The highest BCUT2D eigenvalue weighted by atomic mass is 35.5. The zero-order valence-electron chi connectivity index (χ0n) is 11.8. The van der Waals surface area contributed by atoms with Gasteiger partial charge in [0.05, 0.1) is 21.3 Å². The SMILES string of the molecule is CCc1nc(N)ccc1-c1c(Cl)ccc2cc(Cl)cnc12.Cl. The highest BCUT2D eigenvalue weighted by Crippen LogP contribution is 2.36. The van der Waals surface area contributed by atoms with Crippen LogP contribution < -0.4 is 5.73 Å². The van der Waals surface area contributed by atoms with E-state index in [1.54, 1.807) is 12.3 Å². The van der Waals surface area contributed by atoms with Crippen LogP contribution >= 0.6 is 35.6 Å². The number of hydrogen-bond donors (Lipinski definition) is 1. The van der Waals surface area contributed by atoms with Crippen molar-refractivity contribution in [3.8, 4) is 11.1 Å². The first-order chi connectivity index (χ1) is 10.1. The summed E-state index contributed by atoms with van der Waals surface area (Å²) < 4.78 is 0. The van der Waals surface area contributed by atoms with Crippen molar-refractivity contribution in [1.29, 1.82) is 0 Å². The monoisotopic (exact) mass is 353 g/mol. The molecule has 3 aromatic rings. The molecule has 6 heteroatoms. The molecule has 0 unspecified atom stereocenters. The van der Waals surface area contributed by atoms with Crippen molar-refractivity contribution in [3.63, 3.8) is 0 Å². The van der Waals surface area contributed by atoms with Crippen molar-refractivity contribution in [1.82, 2.24) is 9.97 Å². The molecule has 0 saturated heterocycles. The van der Waals surface area contributed by atoms with Gasteiger partial charge in [0.2, 0.25) is 0 Å². The number of aromatic nitrogens is 2. The maximum atomic E-state index is 6.41. The molecular formula is C16H14Cl3N3. The van der Waals surface area contributed by atoms with Crippen LogP contribution in [0.1, 0.15) is 12.6 Å². The zero-order chi connectivity index (χ0) is 15.0. The average Bonchev–Trinajstić information content (AvgIpc) is 2.48. The quantitative estimate of drug-likeness (QED) is 0.690. The second-order valence-electron chi connectivity index (χ2n) is 4.73. The maximum absolute atomic E-state index is 6.41. The molecule has 2 heterocycles. The van der Waals surface area contributed by atoms with Gasteiger partial charge in [-0.2, -0.15) is 0 Å². The second kappa shape index (κ2) is 6.69. The Bertz CT molecular complexity index is 834. The third-order valence-corrected chi connectivity index (χ3v) is 3.89. The summed E-state index contributed by atoms with van der Waals surface area (Å²) >= 11 is 12.4. The lowest BCUT2D eigenvalue weighted by molar-refractivity contribution is 1.05. The molecule has 0 aliphatic heterocycles. The summed E-state index contributed by atoms with van der Waals surface area (Å²) in [5.41, 5.74) is 9.32. The van der Waals surface area contributed by atoms with Gasteiger partial charge in [-0.15, -0.1) is 12.4 Å². The Morgan fingerprint density at radius 1 is 1.14 bits per heavy atom. The van der Waals surface area contributed by atoms with Gasteiger partial charge in [-0.05, 0) is 30.7 Å². The number of benzene rings is 1. The first-order valence-electron chi connectivity index (χ1n) is 6.59. The number of nitrogen functional groups attached to an aromatic ring is 1. The molecule has 2 aromatic heterocycles. The molecule has 22 heavy (non-hydrogen) atoms. The Labute approximate surface area is 144 Å². The van der Waals surface area contributed by atoms with Gasteiger partial charge in [-0.1, -0.05) is 36.2 Å². The van der Waals surface area contributed by atoms with E-state index in [2.05, 4.69) is 9.97 Å². The number of hydrogen-bond acceptors (Lipinski definition) is 3. The number of halogens is 3. The number of nitrogens with zero attached hydrogens (tertiary/aromatic N) is 2. The fourth-order valence-corrected chi connectivity index (χ4v) is 2.84. The van der Waals surface area contributed by atoms with E-state index in [0.29, 0.717) is 15.9 Å². The summed E-state index contributed by atoms with van der Waals surface area (Å²) in [6.45, 7) is 2.04. The number of anilines is 1. The van der Waals surface area contributed by atoms with Gasteiger partial charge in [-0.3, -0.25) is 4.98 Å². The van der Waals surface area contributed by atoms with Crippen LogP contribution in [0.4, 0.5) is 5.82 Å². The number of rotatable bonds is 2. The minimum Gasteiger partial charge on any atom is -0.384 e. The lowest BCUT2D eigenvalue weighted by Crippen LogP contribution is -1.98. The third-order valence-electron chi connectivity index (χ3n) is 3.37. The van der Waals surface area contributed by atoms with Gasteiger partial charge in [0, 0.05) is 22.7 Å². The van der Waals surface area contributed by atoms with E-state index in [9.17, 15) is 0 Å². The summed E-state index contributed by atoms with van der Waals surface area (Å²) in [5.74, 6) is 0.503. The first-order valence-corrected chi connectivity index (χ1v) is 7.35. The van der Waals surface area contributed by atoms with Crippen LogP contribution in [0.5, 0.6) is 0 Å². The lowest BCUT2D eigenvalue weighted by atomic mass is 9.99. The predicted octanol–water partition coefficient (Wildman–Crippen LogP) is 5.17. The molecule has 0 spiro atoms. The molecule has 0 radical (unpaired) electrons. The minimum absolute atomic E-state index is 0. The lowest BCUT2D eigenvalue weighted by Gasteiger charge is -2.12. The summed E-state index contributed by atoms with van der Waals surface area (Å²) in [7, 11) is 0. The van der Waals surface area contributed by atoms with E-state index in [1.165, 1.54) is 0 Å². The van der Waals surface area contributed by atoms with E-state index < -0.39 is 0 Å². The first kappa shape index (κ1) is 16.8. The number of nitrogens with two attached hydrogens (primary N) is 1. The van der Waals surface area contributed by atoms with E-state index in [1.807, 2.05) is 31.2 Å². The highest BCUT2D eigenvalue weighted by Gasteiger charge is 2.14. The van der Waals surface area contributed by atoms with Crippen molar-refractivity contribution >= 4 is 52.3 Å². The summed E-state index contributed by atoms with van der Waals surface area (Å²) in [6.07, 6.45) is 2.39. The second-order valence-corrected chi connectivity index (χ2v) is 5.58. The molecule has 0 bridgehead atoms. The third kappa shape index (κ3) is 2.98. The average molecular weight is 355 g/mol. The van der Waals surface area contributed by atoms with E-state index >= 15 is 0 Å². The van der Waals surface area contributed by atoms with Gasteiger partial charge in [0.15, 0.2) is 0 Å². The van der Waals surface area contributed by atoms with Gasteiger partial charge >= 0.3 is 0 Å². The molecule has 2 N–H and O–H groups in total. The largest absolute Gasteiger partial charge is 0.384 e. The number of aryl methyl sites for hydroxylation is 1. The standard InChI is InChI=1S/C16H13Cl2N3.ClH/c1-2-13-11(4-6-14(19)21-13)15-12(18)5-3-9-7-10(17)8-20-16(9)15;/h3-8H,2H2,1H3,(H2,19,21);1H. The van der Waals surface area contributed by atoms with Gasteiger partial charge in [0.25, 0.3) is 0 Å². The zero-order valence-corrected chi connectivity index (χ0v) is 14.1. The van der Waals surface area contributed by atoms with Crippen molar-refractivity contribution in [3.05, 3.63) is 52.3 Å². The Kier molecular flexibility index (Phi) is 5.12. The Morgan fingerprint density at radius 2 is 1.91 bits per heavy atom. The van der Waals surface area contributed by atoms with E-state index in [4.69, 9.17) is 28.9 Å². The fourth-order valence-electron chi connectivity index (χ4n) is 2.42. The normalized spacial score (nSPS) is 10.5. The molecule has 0 aliphatic rings. The van der Waals surface area contributed by atoms with Crippen LogP contribution in [-0.4, -0.2) is 9.97 Å². The molecule has 114 valence electrons. The predicted molar refractivity (Wildman–Crippen MR) is 96.0 cm³/mol. The Balaban J connectivity index is 0.00000176. The molecule has 3 rings (SSSR count). The van der Waals surface area contributed by atoms with Crippen LogP contribution in [0.3, 0.4) is 0 Å².